The van der Waals surface area contributed by atoms with Crippen LogP contribution in [0.4, 0.5) is 5.69 Å². The first kappa shape index (κ1) is 11.5. The second-order valence-electron chi connectivity index (χ2n) is 3.12. The Kier molecular flexibility index (Phi) is 3.46. The van der Waals surface area contributed by atoms with Gasteiger partial charge in [-0.1, -0.05) is 12.1 Å². The van der Waals surface area contributed by atoms with Crippen molar-refractivity contribution < 1.29 is 4.74 Å². The first-order valence-electron chi connectivity index (χ1n) is 4.95. The van der Waals surface area contributed by atoms with E-state index in [1.807, 2.05) is 18.2 Å². The Morgan fingerprint density at radius 2 is 2.33 bits per heavy atom. The third-order valence-electron chi connectivity index (χ3n) is 2.06. The van der Waals surface area contributed by atoms with Crippen LogP contribution in [0.3, 0.4) is 0 Å². The summed E-state index contributed by atoms with van der Waals surface area (Å²) in [6.45, 7) is 0. The number of nitriles is 1. The average Bonchev–Trinajstić information content (AvgIpc) is 2.94. The number of methoxy groups -OCH3 is 1. The minimum absolute atomic E-state index is 0.0228. The molecule has 0 fully saturated rings. The van der Waals surface area contributed by atoms with Crippen LogP contribution < -0.4 is 10.2 Å². The largest absolute Gasteiger partial charge is 0.495 e. The van der Waals surface area contributed by atoms with Crippen LogP contribution in [0.5, 0.6) is 5.75 Å². The first-order chi connectivity index (χ1) is 8.85. The quantitative estimate of drug-likeness (QED) is 0.599. The lowest BCUT2D eigenvalue weighted by Crippen LogP contribution is -2.04. The summed E-state index contributed by atoms with van der Waals surface area (Å²) >= 11 is 0. The number of benzene rings is 1. The van der Waals surface area contributed by atoms with Crippen molar-refractivity contribution in [2.45, 2.75) is 0 Å². The molecule has 0 bridgehead atoms. The Hall–Kier alpha value is -2.95. The van der Waals surface area contributed by atoms with Crippen molar-refractivity contribution in [3.05, 3.63) is 30.1 Å². The van der Waals surface area contributed by atoms with Crippen LogP contribution in [0, 0.1) is 11.3 Å². The average molecular weight is 243 g/mol. The number of hydrazone groups is 1. The molecule has 8 nitrogen and oxygen atoms in total. The molecular formula is C10H9N7O. The van der Waals surface area contributed by atoms with Crippen LogP contribution in [-0.4, -0.2) is 33.4 Å². The Balaban J connectivity index is 2.22. The van der Waals surface area contributed by atoms with Gasteiger partial charge < -0.3 is 4.74 Å². The molecular weight excluding hydrogens is 234 g/mol. The lowest BCUT2D eigenvalue weighted by Gasteiger charge is -2.06. The van der Waals surface area contributed by atoms with Crippen molar-refractivity contribution in [3.63, 3.8) is 0 Å². The molecule has 1 heterocycles. The van der Waals surface area contributed by atoms with Gasteiger partial charge in [-0.2, -0.15) is 15.6 Å². The van der Waals surface area contributed by atoms with E-state index in [4.69, 9.17) is 10.00 Å². The van der Waals surface area contributed by atoms with Gasteiger partial charge in [-0.3, -0.25) is 5.43 Å². The Morgan fingerprint density at radius 3 is 3.00 bits per heavy atom. The highest BCUT2D eigenvalue weighted by atomic mass is 16.5. The highest BCUT2D eigenvalue weighted by Crippen LogP contribution is 2.22. The van der Waals surface area contributed by atoms with E-state index in [1.54, 1.807) is 19.2 Å². The van der Waals surface area contributed by atoms with Crippen LogP contribution in [0.2, 0.25) is 0 Å². The molecule has 2 rings (SSSR count). The molecule has 2 N–H and O–H groups in total. The molecule has 0 saturated carbocycles. The van der Waals surface area contributed by atoms with Crippen molar-refractivity contribution in [2.75, 3.05) is 12.5 Å². The topological polar surface area (TPSA) is 112 Å². The number of hydrogen-bond acceptors (Lipinski definition) is 7. The molecule has 90 valence electrons. The maximum Gasteiger partial charge on any atom is 0.235 e. The van der Waals surface area contributed by atoms with Crippen molar-refractivity contribution in [2.24, 2.45) is 5.10 Å². The van der Waals surface area contributed by atoms with Crippen molar-refractivity contribution >= 4 is 11.4 Å². The molecule has 0 unspecified atom stereocenters. The van der Waals surface area contributed by atoms with E-state index in [2.05, 4.69) is 31.2 Å². The summed E-state index contributed by atoms with van der Waals surface area (Å²) in [7, 11) is 1.55. The van der Waals surface area contributed by atoms with E-state index in [0.717, 1.165) is 0 Å². The number of aromatic amines is 1. The van der Waals surface area contributed by atoms with Gasteiger partial charge >= 0.3 is 0 Å². The minimum Gasteiger partial charge on any atom is -0.495 e. The molecule has 0 aliphatic rings. The van der Waals surface area contributed by atoms with Gasteiger partial charge in [0.1, 0.15) is 11.8 Å². The molecule has 0 amide bonds. The molecule has 18 heavy (non-hydrogen) atoms. The van der Waals surface area contributed by atoms with Gasteiger partial charge in [-0.05, 0) is 17.3 Å². The summed E-state index contributed by atoms with van der Waals surface area (Å²) in [5, 5.41) is 25.8. The van der Waals surface area contributed by atoms with E-state index >= 15 is 0 Å². The number of aromatic nitrogens is 4. The molecule has 1 aromatic heterocycles. The van der Waals surface area contributed by atoms with Gasteiger partial charge in [0.25, 0.3) is 0 Å². The molecule has 0 radical (unpaired) electrons. The number of para-hydroxylation sites is 2. The molecule has 0 atom stereocenters. The lowest BCUT2D eigenvalue weighted by molar-refractivity contribution is 0.416. The van der Waals surface area contributed by atoms with Gasteiger partial charge in [0.05, 0.1) is 12.8 Å². The second-order valence-corrected chi connectivity index (χ2v) is 3.12. The molecule has 1 aromatic carbocycles. The number of hydrogen-bond donors (Lipinski definition) is 2. The third-order valence-corrected chi connectivity index (χ3v) is 2.06. The van der Waals surface area contributed by atoms with Crippen LogP contribution in [-0.2, 0) is 0 Å². The Morgan fingerprint density at radius 1 is 1.50 bits per heavy atom. The highest BCUT2D eigenvalue weighted by Gasteiger charge is 2.08. The fourth-order valence-electron chi connectivity index (χ4n) is 1.24. The van der Waals surface area contributed by atoms with Crippen molar-refractivity contribution in [3.8, 4) is 11.8 Å². The first-order valence-corrected chi connectivity index (χ1v) is 4.95. The van der Waals surface area contributed by atoms with Crippen LogP contribution in [0.25, 0.3) is 0 Å². The molecule has 2 aromatic rings. The number of anilines is 1. The van der Waals surface area contributed by atoms with Crippen molar-refractivity contribution in [1.29, 1.82) is 5.26 Å². The summed E-state index contributed by atoms with van der Waals surface area (Å²) in [5.41, 5.74) is 3.38. The van der Waals surface area contributed by atoms with Gasteiger partial charge in [0.15, 0.2) is 0 Å². The second kappa shape index (κ2) is 5.40. The zero-order valence-electron chi connectivity index (χ0n) is 9.45. The minimum atomic E-state index is 0.0228. The molecule has 8 heteroatoms. The Bertz CT molecular complexity index is 585. The summed E-state index contributed by atoms with van der Waals surface area (Å²) < 4.78 is 5.14. The van der Waals surface area contributed by atoms with E-state index in [1.165, 1.54) is 0 Å². The molecule has 0 aliphatic heterocycles. The monoisotopic (exact) mass is 243 g/mol. The number of nitrogens with one attached hydrogen (secondary N) is 2. The van der Waals surface area contributed by atoms with E-state index in [0.29, 0.717) is 11.4 Å². The predicted octanol–water partition coefficient (Wildman–Crippen LogP) is 0.548. The summed E-state index contributed by atoms with van der Waals surface area (Å²) in [4.78, 5) is 0. The fourth-order valence-corrected chi connectivity index (χ4v) is 1.24. The summed E-state index contributed by atoms with van der Waals surface area (Å²) in [6, 6.07) is 9.07. The smallest absolute Gasteiger partial charge is 0.235 e. The van der Waals surface area contributed by atoms with E-state index in [-0.39, 0.29) is 11.5 Å². The maximum absolute atomic E-state index is 8.93. The summed E-state index contributed by atoms with van der Waals surface area (Å²) in [6.07, 6.45) is 0. The number of ether oxygens (including phenoxy) is 1. The predicted molar refractivity (Wildman–Crippen MR) is 62.9 cm³/mol. The fraction of sp³-hybridized carbons (Fsp3) is 0.100. The zero-order valence-corrected chi connectivity index (χ0v) is 9.45. The number of nitrogens with zero attached hydrogens (tertiary/aromatic N) is 5. The van der Waals surface area contributed by atoms with Gasteiger partial charge in [0, 0.05) is 0 Å². The lowest BCUT2D eigenvalue weighted by atomic mass is 10.3. The SMILES string of the molecule is COc1ccccc1N/N=C(\C#N)c1nn[nH]n1. The van der Waals surface area contributed by atoms with Gasteiger partial charge in [0.2, 0.25) is 11.5 Å². The number of H-pyrrole nitrogens is 1. The molecule has 0 spiro atoms. The number of rotatable bonds is 4. The molecule has 0 saturated heterocycles. The summed E-state index contributed by atoms with van der Waals surface area (Å²) in [5.74, 6) is 0.742. The maximum atomic E-state index is 8.93. The number of tetrazole rings is 1. The van der Waals surface area contributed by atoms with E-state index < -0.39 is 0 Å². The highest BCUT2D eigenvalue weighted by molar-refractivity contribution is 6.09. The zero-order chi connectivity index (χ0) is 12.8. The van der Waals surface area contributed by atoms with E-state index in [9.17, 15) is 0 Å². The van der Waals surface area contributed by atoms with Gasteiger partial charge in [-0.15, -0.1) is 10.2 Å². The van der Waals surface area contributed by atoms with Crippen LogP contribution in [0.1, 0.15) is 5.82 Å². The third kappa shape index (κ3) is 2.41. The van der Waals surface area contributed by atoms with Crippen LogP contribution in [0.15, 0.2) is 29.4 Å². The van der Waals surface area contributed by atoms with Crippen LogP contribution >= 0.6 is 0 Å². The molecule has 0 aliphatic carbocycles. The Labute approximate surface area is 102 Å². The normalized spacial score (nSPS) is 10.8. The van der Waals surface area contributed by atoms with Crippen molar-refractivity contribution in [1.82, 2.24) is 20.6 Å². The van der Waals surface area contributed by atoms with Gasteiger partial charge in [-0.25, -0.2) is 0 Å². The standard InChI is InChI=1S/C10H9N7O/c1-18-9-5-3-2-4-7(9)12-13-8(6-11)10-14-16-17-15-10/h2-5,12H,1H3,(H,14,15,16,17)/b13-8+.